The molecule has 1 aromatic heterocycles. The number of hydrogen-bond acceptors (Lipinski definition) is 5. The molecule has 0 saturated carbocycles. The summed E-state index contributed by atoms with van der Waals surface area (Å²) in [5.74, 6) is -0.106. The molecule has 0 fully saturated rings. The molecular formula is C11H12Cl2N4O2S. The normalized spacial score (nSPS) is 11.8. The molecule has 108 valence electrons. The number of halogens is 2. The molecule has 0 atom stereocenters. The van der Waals surface area contributed by atoms with Crippen LogP contribution in [-0.4, -0.2) is 18.6 Å². The molecule has 0 bridgehead atoms. The lowest BCUT2D eigenvalue weighted by atomic mass is 10.3. The minimum atomic E-state index is -3.93. The summed E-state index contributed by atoms with van der Waals surface area (Å²) in [4.78, 5) is -0.232. The fourth-order valence-electron chi connectivity index (χ4n) is 1.78. The average Bonchev–Trinajstić information content (AvgIpc) is 2.75. The summed E-state index contributed by atoms with van der Waals surface area (Å²) < 4.78 is 25.3. The van der Waals surface area contributed by atoms with Crippen molar-refractivity contribution in [3.8, 4) is 0 Å². The van der Waals surface area contributed by atoms with E-state index in [1.807, 2.05) is 0 Å². The number of hydrogen-bond donors (Lipinski definition) is 3. The highest BCUT2D eigenvalue weighted by Crippen LogP contribution is 2.36. The van der Waals surface area contributed by atoms with Gasteiger partial charge in [0.05, 0.1) is 26.3 Å². The monoisotopic (exact) mass is 334 g/mol. The van der Waals surface area contributed by atoms with E-state index in [1.54, 1.807) is 6.92 Å². The third-order valence-corrected chi connectivity index (χ3v) is 5.44. The van der Waals surface area contributed by atoms with Gasteiger partial charge in [-0.3, -0.25) is 5.10 Å². The van der Waals surface area contributed by atoms with Crippen LogP contribution < -0.4 is 11.5 Å². The maximum Gasteiger partial charge on any atom is 0.213 e. The molecule has 2 rings (SSSR count). The fourth-order valence-corrected chi connectivity index (χ4v) is 4.13. The Morgan fingerprint density at radius 2 is 1.90 bits per heavy atom. The van der Waals surface area contributed by atoms with Gasteiger partial charge in [0.2, 0.25) is 9.84 Å². The minimum absolute atomic E-state index is 0.0189. The number of rotatable bonds is 3. The molecule has 0 aliphatic carbocycles. The number of nitrogens with two attached hydrogens (primary N) is 2. The Hall–Kier alpha value is -1.44. The predicted octanol–water partition coefficient (Wildman–Crippen LogP) is 2.28. The van der Waals surface area contributed by atoms with Crippen molar-refractivity contribution in [1.29, 1.82) is 0 Å². The second-order valence-corrected chi connectivity index (χ2v) is 6.75. The van der Waals surface area contributed by atoms with Gasteiger partial charge in [-0.2, -0.15) is 5.10 Å². The fraction of sp³-hybridized carbons (Fsp3) is 0.182. The highest BCUT2D eigenvalue weighted by molar-refractivity contribution is 7.91. The Balaban J connectivity index is 2.73. The van der Waals surface area contributed by atoms with Gasteiger partial charge >= 0.3 is 0 Å². The number of aromatic amines is 1. The van der Waals surface area contributed by atoms with Gasteiger partial charge in [-0.1, -0.05) is 30.1 Å². The van der Waals surface area contributed by atoms with Crippen molar-refractivity contribution >= 4 is 44.5 Å². The zero-order valence-corrected chi connectivity index (χ0v) is 12.8. The van der Waals surface area contributed by atoms with E-state index in [0.717, 1.165) is 0 Å². The van der Waals surface area contributed by atoms with Crippen LogP contribution in [0, 0.1) is 0 Å². The number of nitrogens with one attached hydrogen (secondary N) is 1. The molecule has 0 aliphatic heterocycles. The quantitative estimate of drug-likeness (QED) is 0.744. The van der Waals surface area contributed by atoms with Gasteiger partial charge < -0.3 is 11.5 Å². The second kappa shape index (κ2) is 5.16. The number of aromatic nitrogens is 2. The van der Waals surface area contributed by atoms with Gasteiger partial charge in [0.25, 0.3) is 0 Å². The van der Waals surface area contributed by atoms with Crippen molar-refractivity contribution in [3.05, 3.63) is 27.9 Å². The van der Waals surface area contributed by atoms with Gasteiger partial charge in [-0.15, -0.1) is 0 Å². The molecule has 2 aromatic rings. The van der Waals surface area contributed by atoms with Crippen LogP contribution in [0.4, 0.5) is 11.5 Å². The largest absolute Gasteiger partial charge is 0.397 e. The molecule has 5 N–H and O–H groups in total. The summed E-state index contributed by atoms with van der Waals surface area (Å²) in [6.07, 6.45) is 0.430. The number of nitrogens with zero attached hydrogens (tertiary/aromatic N) is 1. The van der Waals surface area contributed by atoms with E-state index < -0.39 is 9.84 Å². The van der Waals surface area contributed by atoms with Crippen molar-refractivity contribution in [2.45, 2.75) is 23.1 Å². The molecule has 1 aromatic carbocycles. The molecule has 20 heavy (non-hydrogen) atoms. The highest BCUT2D eigenvalue weighted by atomic mass is 35.5. The summed E-state index contributed by atoms with van der Waals surface area (Å²) in [6.45, 7) is 1.78. The predicted molar refractivity (Wildman–Crippen MR) is 78.7 cm³/mol. The Labute approximate surface area is 126 Å². The van der Waals surface area contributed by atoms with Crippen LogP contribution in [0.5, 0.6) is 0 Å². The summed E-state index contributed by atoms with van der Waals surface area (Å²) in [5, 5.41) is 6.40. The summed E-state index contributed by atoms with van der Waals surface area (Å²) in [6, 6.07) is 2.50. The topological polar surface area (TPSA) is 115 Å². The van der Waals surface area contributed by atoms with Crippen LogP contribution in [0.2, 0.25) is 10.0 Å². The van der Waals surface area contributed by atoms with Crippen LogP contribution >= 0.6 is 23.2 Å². The zero-order valence-electron chi connectivity index (χ0n) is 10.4. The first-order valence-electron chi connectivity index (χ1n) is 5.61. The first kappa shape index (κ1) is 15.0. The van der Waals surface area contributed by atoms with Crippen LogP contribution in [0.1, 0.15) is 12.6 Å². The van der Waals surface area contributed by atoms with Crippen molar-refractivity contribution in [2.24, 2.45) is 0 Å². The molecule has 9 heteroatoms. The van der Waals surface area contributed by atoms with Crippen LogP contribution in [0.3, 0.4) is 0 Å². The van der Waals surface area contributed by atoms with Gasteiger partial charge in [0.1, 0.15) is 4.90 Å². The number of anilines is 2. The van der Waals surface area contributed by atoms with Gasteiger partial charge in [0.15, 0.2) is 5.82 Å². The van der Waals surface area contributed by atoms with Crippen LogP contribution in [-0.2, 0) is 16.3 Å². The van der Waals surface area contributed by atoms with E-state index in [-0.39, 0.29) is 31.3 Å². The van der Waals surface area contributed by atoms with Gasteiger partial charge in [0, 0.05) is 0 Å². The SMILES string of the molecule is CCc1[nH]nc(N)c1S(=O)(=O)c1cc(Cl)c(N)cc1Cl. The van der Waals surface area contributed by atoms with Gasteiger partial charge in [-0.25, -0.2) is 8.42 Å². The van der Waals surface area contributed by atoms with E-state index >= 15 is 0 Å². The summed E-state index contributed by atoms with van der Waals surface area (Å²) >= 11 is 11.8. The van der Waals surface area contributed by atoms with E-state index in [9.17, 15) is 8.42 Å². The number of sulfone groups is 1. The first-order chi connectivity index (χ1) is 9.28. The minimum Gasteiger partial charge on any atom is -0.397 e. The van der Waals surface area contributed by atoms with Crippen molar-refractivity contribution in [3.63, 3.8) is 0 Å². The lowest BCUT2D eigenvalue weighted by Crippen LogP contribution is -2.08. The smallest absolute Gasteiger partial charge is 0.213 e. The third kappa shape index (κ3) is 2.32. The molecule has 6 nitrogen and oxygen atoms in total. The average molecular weight is 335 g/mol. The molecule has 0 aliphatic rings. The van der Waals surface area contributed by atoms with Crippen LogP contribution in [0.25, 0.3) is 0 Å². The second-order valence-electron chi connectivity index (χ2n) is 4.08. The van der Waals surface area contributed by atoms with E-state index in [1.165, 1.54) is 12.1 Å². The Bertz CT molecular complexity index is 771. The summed E-state index contributed by atoms with van der Waals surface area (Å²) in [7, 11) is -3.93. The first-order valence-corrected chi connectivity index (χ1v) is 7.85. The summed E-state index contributed by atoms with van der Waals surface area (Å²) in [5.41, 5.74) is 11.8. The van der Waals surface area contributed by atoms with E-state index in [4.69, 9.17) is 34.7 Å². The lowest BCUT2D eigenvalue weighted by molar-refractivity contribution is 0.595. The molecule has 0 amide bonds. The maximum absolute atomic E-state index is 12.7. The molecule has 0 unspecified atom stereocenters. The Morgan fingerprint density at radius 3 is 2.50 bits per heavy atom. The van der Waals surface area contributed by atoms with Crippen molar-refractivity contribution < 1.29 is 8.42 Å². The Kier molecular flexibility index (Phi) is 3.86. The van der Waals surface area contributed by atoms with Crippen molar-refractivity contribution in [1.82, 2.24) is 10.2 Å². The Morgan fingerprint density at radius 1 is 1.25 bits per heavy atom. The number of H-pyrrole nitrogens is 1. The van der Waals surface area contributed by atoms with Gasteiger partial charge in [-0.05, 0) is 18.6 Å². The molecule has 0 radical (unpaired) electrons. The van der Waals surface area contributed by atoms with E-state index in [2.05, 4.69) is 10.2 Å². The molecule has 0 saturated heterocycles. The number of aryl methyl sites for hydroxylation is 1. The standard InChI is InChI=1S/C11H12Cl2N4O2S/c1-2-8-10(11(15)17-16-8)20(18,19)9-4-5(12)7(14)3-6(9)13/h3-4H,2,14H2,1H3,(H3,15,16,17). The lowest BCUT2D eigenvalue weighted by Gasteiger charge is -2.09. The number of benzene rings is 1. The van der Waals surface area contributed by atoms with Crippen molar-refractivity contribution in [2.75, 3.05) is 11.5 Å². The molecule has 1 heterocycles. The van der Waals surface area contributed by atoms with E-state index in [0.29, 0.717) is 12.1 Å². The third-order valence-electron chi connectivity index (χ3n) is 2.78. The van der Waals surface area contributed by atoms with Crippen LogP contribution in [0.15, 0.2) is 21.9 Å². The zero-order chi connectivity index (χ0) is 15.1. The number of nitrogen functional groups attached to an aromatic ring is 2. The maximum atomic E-state index is 12.7. The molecular weight excluding hydrogens is 323 g/mol. The highest BCUT2D eigenvalue weighted by Gasteiger charge is 2.29. The molecule has 0 spiro atoms.